The number of carbonyl (C=O) groups excluding carboxylic acids is 1. The zero-order valence-corrected chi connectivity index (χ0v) is 13.7. The van der Waals surface area contributed by atoms with Crippen molar-refractivity contribution in [2.24, 2.45) is 0 Å². The van der Waals surface area contributed by atoms with E-state index in [-0.39, 0.29) is 12.4 Å². The van der Waals surface area contributed by atoms with E-state index in [4.69, 9.17) is 4.74 Å². The highest BCUT2D eigenvalue weighted by atomic mass is 32.2. The molecule has 21 heavy (non-hydrogen) atoms. The molecule has 0 aliphatic heterocycles. The van der Waals surface area contributed by atoms with Crippen LogP contribution >= 0.6 is 0 Å². The van der Waals surface area contributed by atoms with Gasteiger partial charge in [0.15, 0.2) is 11.4 Å². The lowest BCUT2D eigenvalue weighted by Gasteiger charge is -2.23. The lowest BCUT2D eigenvalue weighted by Crippen LogP contribution is -2.36. The molecular weight excluding hydrogens is 292 g/mol. The Labute approximate surface area is 126 Å². The summed E-state index contributed by atoms with van der Waals surface area (Å²) in [6, 6.07) is 7.42. The third-order valence-electron chi connectivity index (χ3n) is 3.03. The van der Waals surface area contributed by atoms with Crippen molar-refractivity contribution < 1.29 is 22.1 Å². The molecule has 0 N–H and O–H groups in total. The smallest absolute Gasteiger partial charge is 0.264 e. The van der Waals surface area contributed by atoms with Crippen molar-refractivity contribution >= 4 is 15.9 Å². The molecule has 6 heteroatoms. The first kappa shape index (κ1) is 17.7. The first-order valence-electron chi connectivity index (χ1n) is 6.73. The summed E-state index contributed by atoms with van der Waals surface area (Å²) >= 11 is 0. The monoisotopic (exact) mass is 314 g/mol. The van der Waals surface area contributed by atoms with E-state index in [9.17, 15) is 13.2 Å². The van der Waals surface area contributed by atoms with Crippen LogP contribution in [0.5, 0.6) is 5.75 Å². The average molecular weight is 314 g/mol. The quantitative estimate of drug-likeness (QED) is 0.544. The minimum Gasteiger partial charge on any atom is -0.480 e. The Kier molecular flexibility index (Phi) is 5.92. The van der Waals surface area contributed by atoms with E-state index in [2.05, 4.69) is 4.18 Å². The largest absolute Gasteiger partial charge is 0.480 e. The molecule has 1 rings (SSSR count). The molecule has 0 amide bonds. The van der Waals surface area contributed by atoms with Gasteiger partial charge in [-0.25, -0.2) is 0 Å². The summed E-state index contributed by atoms with van der Waals surface area (Å²) in [5.41, 5.74) is 0.141. The molecule has 0 atom stereocenters. The van der Waals surface area contributed by atoms with Crippen molar-refractivity contribution in [3.63, 3.8) is 0 Å². The van der Waals surface area contributed by atoms with Crippen LogP contribution in [-0.2, 0) is 25.5 Å². The number of aryl methyl sites for hydroxylation is 1. The van der Waals surface area contributed by atoms with Gasteiger partial charge in [-0.05, 0) is 51.3 Å². The average Bonchev–Trinajstić information content (AvgIpc) is 2.33. The third kappa shape index (κ3) is 6.73. The first-order chi connectivity index (χ1) is 9.60. The summed E-state index contributed by atoms with van der Waals surface area (Å²) in [5.74, 6) is 0.575. The summed E-state index contributed by atoms with van der Waals surface area (Å²) < 4.78 is 32.1. The van der Waals surface area contributed by atoms with Crippen LogP contribution in [0.15, 0.2) is 24.3 Å². The second-order valence-electron chi connectivity index (χ2n) is 5.45. The summed E-state index contributed by atoms with van der Waals surface area (Å²) in [4.78, 5) is 11.5. The van der Waals surface area contributed by atoms with Gasteiger partial charge < -0.3 is 4.74 Å². The van der Waals surface area contributed by atoms with Crippen molar-refractivity contribution in [2.75, 3.05) is 12.9 Å². The fourth-order valence-corrected chi connectivity index (χ4v) is 2.04. The number of Topliss-reactive ketones (excluding diaryl/α,β-unsaturated/α-hetero) is 1. The molecule has 0 spiro atoms. The maximum absolute atomic E-state index is 11.5. The van der Waals surface area contributed by atoms with Crippen LogP contribution in [-0.4, -0.2) is 32.7 Å². The summed E-state index contributed by atoms with van der Waals surface area (Å²) in [6.07, 6.45) is 2.30. The van der Waals surface area contributed by atoms with Crippen molar-refractivity contribution in [1.29, 1.82) is 0 Å². The van der Waals surface area contributed by atoms with Crippen molar-refractivity contribution in [3.8, 4) is 5.75 Å². The van der Waals surface area contributed by atoms with Gasteiger partial charge in [0.1, 0.15) is 5.75 Å². The van der Waals surface area contributed by atoms with Crippen molar-refractivity contribution in [1.82, 2.24) is 0 Å². The number of hydrogen-bond acceptors (Lipinski definition) is 5. The minimum atomic E-state index is -3.38. The van der Waals surface area contributed by atoms with Gasteiger partial charge in [-0.2, -0.15) is 8.42 Å². The van der Waals surface area contributed by atoms with E-state index < -0.39 is 15.7 Å². The summed E-state index contributed by atoms with van der Waals surface area (Å²) in [6.45, 7) is 5.10. The van der Waals surface area contributed by atoms with Gasteiger partial charge in [-0.1, -0.05) is 12.1 Å². The fourth-order valence-electron chi connectivity index (χ4n) is 1.62. The SMILES string of the molecule is CC(=O)C(C)(C)Oc1cccc(CCCOS(C)(=O)=O)c1. The second kappa shape index (κ2) is 7.04. The van der Waals surface area contributed by atoms with Crippen LogP contribution in [0.1, 0.15) is 32.8 Å². The number of benzene rings is 1. The van der Waals surface area contributed by atoms with Gasteiger partial charge in [0.05, 0.1) is 12.9 Å². The molecular formula is C15H22O5S. The molecule has 0 aliphatic carbocycles. The lowest BCUT2D eigenvalue weighted by atomic mass is 10.0. The molecule has 0 saturated heterocycles. The van der Waals surface area contributed by atoms with Crippen molar-refractivity contribution in [3.05, 3.63) is 29.8 Å². The molecule has 0 bridgehead atoms. The molecule has 1 aromatic rings. The maximum atomic E-state index is 11.5. The predicted molar refractivity (Wildman–Crippen MR) is 80.9 cm³/mol. The predicted octanol–water partition coefficient (Wildman–Crippen LogP) is 2.34. The highest BCUT2D eigenvalue weighted by molar-refractivity contribution is 7.85. The van der Waals surface area contributed by atoms with E-state index >= 15 is 0 Å². The Morgan fingerprint density at radius 1 is 1.29 bits per heavy atom. The third-order valence-corrected chi connectivity index (χ3v) is 3.62. The topological polar surface area (TPSA) is 69.7 Å². The Bertz CT molecular complexity index is 590. The molecule has 118 valence electrons. The standard InChI is InChI=1S/C15H22O5S/c1-12(16)15(2,3)20-14-9-5-7-13(11-14)8-6-10-19-21(4,17)18/h5,7,9,11H,6,8,10H2,1-4H3. The van der Waals surface area contributed by atoms with E-state index in [1.807, 2.05) is 18.2 Å². The van der Waals surface area contributed by atoms with E-state index in [0.717, 1.165) is 11.8 Å². The molecule has 0 aromatic heterocycles. The van der Waals surface area contributed by atoms with Gasteiger partial charge >= 0.3 is 0 Å². The molecule has 0 unspecified atom stereocenters. The fraction of sp³-hybridized carbons (Fsp3) is 0.533. The van der Waals surface area contributed by atoms with Gasteiger partial charge in [0.25, 0.3) is 10.1 Å². The first-order valence-corrected chi connectivity index (χ1v) is 8.55. The molecule has 0 aliphatic rings. The number of carbonyl (C=O) groups is 1. The molecule has 0 saturated carbocycles. The Morgan fingerprint density at radius 3 is 2.52 bits per heavy atom. The van der Waals surface area contributed by atoms with Gasteiger partial charge in [0.2, 0.25) is 0 Å². The number of ketones is 1. The molecule has 5 nitrogen and oxygen atoms in total. The molecule has 0 heterocycles. The van der Waals surface area contributed by atoms with Crippen molar-refractivity contribution in [2.45, 2.75) is 39.2 Å². The van der Waals surface area contributed by atoms with E-state index in [0.29, 0.717) is 18.6 Å². The number of rotatable bonds is 8. The zero-order valence-electron chi connectivity index (χ0n) is 12.9. The Balaban J connectivity index is 2.59. The molecule has 0 fully saturated rings. The number of ether oxygens (including phenoxy) is 1. The molecule has 0 radical (unpaired) electrons. The maximum Gasteiger partial charge on any atom is 0.264 e. The Morgan fingerprint density at radius 2 is 1.95 bits per heavy atom. The van der Waals surface area contributed by atoms with Crippen LogP contribution < -0.4 is 4.74 Å². The summed E-state index contributed by atoms with van der Waals surface area (Å²) in [7, 11) is -3.38. The van der Waals surface area contributed by atoms with Crippen LogP contribution in [0.2, 0.25) is 0 Å². The lowest BCUT2D eigenvalue weighted by molar-refractivity contribution is -0.129. The normalized spacial score (nSPS) is 12.2. The van der Waals surface area contributed by atoms with E-state index in [1.165, 1.54) is 6.92 Å². The van der Waals surface area contributed by atoms with Crippen LogP contribution in [0.25, 0.3) is 0 Å². The van der Waals surface area contributed by atoms with Gasteiger partial charge in [0, 0.05) is 0 Å². The second-order valence-corrected chi connectivity index (χ2v) is 7.09. The summed E-state index contributed by atoms with van der Waals surface area (Å²) in [5, 5.41) is 0. The Hall–Kier alpha value is -1.40. The van der Waals surface area contributed by atoms with Gasteiger partial charge in [-0.15, -0.1) is 0 Å². The highest BCUT2D eigenvalue weighted by Crippen LogP contribution is 2.21. The van der Waals surface area contributed by atoms with Crippen LogP contribution in [0.4, 0.5) is 0 Å². The van der Waals surface area contributed by atoms with Crippen LogP contribution in [0, 0.1) is 0 Å². The minimum absolute atomic E-state index is 0.0468. The highest BCUT2D eigenvalue weighted by Gasteiger charge is 2.25. The van der Waals surface area contributed by atoms with E-state index in [1.54, 1.807) is 19.9 Å². The van der Waals surface area contributed by atoms with Gasteiger partial charge in [-0.3, -0.25) is 8.98 Å². The zero-order chi connectivity index (χ0) is 16.1. The van der Waals surface area contributed by atoms with Crippen LogP contribution in [0.3, 0.4) is 0 Å². The number of hydrogen-bond donors (Lipinski definition) is 0. The molecule has 1 aromatic carbocycles.